The molecular weight excluding hydrogens is 280 g/mol. The molecule has 0 radical (unpaired) electrons. The van der Waals surface area contributed by atoms with E-state index in [0.717, 1.165) is 29.4 Å². The molecule has 0 unspecified atom stereocenters. The maximum Gasteiger partial charge on any atom is 0.125 e. The van der Waals surface area contributed by atoms with Gasteiger partial charge in [0.15, 0.2) is 0 Å². The van der Waals surface area contributed by atoms with Crippen LogP contribution in [0.3, 0.4) is 0 Å². The minimum Gasteiger partial charge on any atom is -0.493 e. The second-order valence-electron chi connectivity index (χ2n) is 5.72. The van der Waals surface area contributed by atoms with Gasteiger partial charge in [0.1, 0.15) is 5.75 Å². The summed E-state index contributed by atoms with van der Waals surface area (Å²) in [6, 6.07) is 4.35. The molecule has 0 spiro atoms. The predicted molar refractivity (Wildman–Crippen MR) is 94.1 cm³/mol. The van der Waals surface area contributed by atoms with Gasteiger partial charge in [-0.2, -0.15) is 0 Å². The summed E-state index contributed by atoms with van der Waals surface area (Å²) >= 11 is 6.31. The van der Waals surface area contributed by atoms with Crippen LogP contribution >= 0.6 is 11.6 Å². The Labute approximate surface area is 134 Å². The first kappa shape index (κ1) is 17.8. The van der Waals surface area contributed by atoms with E-state index in [2.05, 4.69) is 58.9 Å². The van der Waals surface area contributed by atoms with Crippen LogP contribution in [0.4, 0.5) is 0 Å². The molecule has 0 fully saturated rings. The third-order valence-corrected chi connectivity index (χ3v) is 3.95. The zero-order valence-corrected chi connectivity index (χ0v) is 14.8. The van der Waals surface area contributed by atoms with Crippen LogP contribution in [0, 0.1) is 19.8 Å². The number of hydrogen-bond donors (Lipinski definition) is 0. The first-order chi connectivity index (χ1) is 9.90. The average molecular weight is 307 g/mol. The first-order valence-corrected chi connectivity index (χ1v) is 8.06. The summed E-state index contributed by atoms with van der Waals surface area (Å²) in [6.45, 7) is 13.3. The quantitative estimate of drug-likeness (QED) is 0.562. The highest BCUT2D eigenvalue weighted by Crippen LogP contribution is 2.30. The normalized spacial score (nSPS) is 13.0. The van der Waals surface area contributed by atoms with E-state index in [1.165, 1.54) is 16.7 Å². The second kappa shape index (κ2) is 8.29. The molecule has 0 amide bonds. The van der Waals surface area contributed by atoms with Crippen molar-refractivity contribution in [1.82, 2.24) is 0 Å². The van der Waals surface area contributed by atoms with Crippen molar-refractivity contribution in [1.29, 1.82) is 0 Å². The van der Waals surface area contributed by atoms with Gasteiger partial charge in [-0.3, -0.25) is 0 Å². The highest BCUT2D eigenvalue weighted by molar-refractivity contribution is 6.30. The van der Waals surface area contributed by atoms with Crippen LogP contribution in [0.1, 0.15) is 50.8 Å². The third kappa shape index (κ3) is 4.93. The van der Waals surface area contributed by atoms with Crippen molar-refractivity contribution in [2.24, 2.45) is 5.92 Å². The van der Waals surface area contributed by atoms with E-state index in [0.29, 0.717) is 5.92 Å². The highest BCUT2D eigenvalue weighted by atomic mass is 35.5. The van der Waals surface area contributed by atoms with Crippen LogP contribution in [0.5, 0.6) is 5.75 Å². The van der Waals surface area contributed by atoms with Gasteiger partial charge in [-0.25, -0.2) is 0 Å². The summed E-state index contributed by atoms with van der Waals surface area (Å²) in [6.07, 6.45) is 5.19. The van der Waals surface area contributed by atoms with Crippen molar-refractivity contribution in [3.63, 3.8) is 0 Å². The monoisotopic (exact) mass is 306 g/mol. The van der Waals surface area contributed by atoms with Gasteiger partial charge in [0.25, 0.3) is 0 Å². The largest absolute Gasteiger partial charge is 0.493 e. The van der Waals surface area contributed by atoms with E-state index in [1.807, 2.05) is 6.92 Å². The van der Waals surface area contributed by atoms with Crippen molar-refractivity contribution in [3.8, 4) is 5.75 Å². The number of aryl methyl sites for hydroxylation is 2. The molecule has 1 rings (SSSR count). The zero-order valence-electron chi connectivity index (χ0n) is 14.1. The fourth-order valence-corrected chi connectivity index (χ4v) is 2.31. The number of allylic oxidation sites excluding steroid dienone is 4. The van der Waals surface area contributed by atoms with Gasteiger partial charge in [-0.05, 0) is 73.6 Å². The van der Waals surface area contributed by atoms with E-state index in [-0.39, 0.29) is 0 Å². The predicted octanol–water partition coefficient (Wildman–Crippen LogP) is 6.27. The van der Waals surface area contributed by atoms with Gasteiger partial charge in [-0.15, -0.1) is 0 Å². The highest BCUT2D eigenvalue weighted by Gasteiger charge is 2.09. The molecule has 0 aliphatic heterocycles. The molecule has 1 aromatic carbocycles. The lowest BCUT2D eigenvalue weighted by Gasteiger charge is -2.14. The van der Waals surface area contributed by atoms with Gasteiger partial charge in [0.05, 0.1) is 6.61 Å². The fourth-order valence-electron chi connectivity index (χ4n) is 2.20. The third-order valence-electron chi connectivity index (χ3n) is 3.40. The van der Waals surface area contributed by atoms with Gasteiger partial charge < -0.3 is 4.74 Å². The maximum absolute atomic E-state index is 6.31. The van der Waals surface area contributed by atoms with Crippen LogP contribution < -0.4 is 4.74 Å². The summed E-state index contributed by atoms with van der Waals surface area (Å²) in [4.78, 5) is 0. The molecule has 1 nitrogen and oxygen atoms in total. The molecule has 0 aliphatic carbocycles. The van der Waals surface area contributed by atoms with Crippen molar-refractivity contribution < 1.29 is 4.74 Å². The minimum atomic E-state index is 0.343. The molecule has 0 aromatic heterocycles. The van der Waals surface area contributed by atoms with E-state index >= 15 is 0 Å². The zero-order chi connectivity index (χ0) is 16.0. The lowest BCUT2D eigenvalue weighted by Crippen LogP contribution is -2.00. The van der Waals surface area contributed by atoms with Gasteiger partial charge in [0, 0.05) is 5.03 Å². The maximum atomic E-state index is 6.31. The van der Waals surface area contributed by atoms with Crippen LogP contribution in [0.2, 0.25) is 0 Å². The molecule has 21 heavy (non-hydrogen) atoms. The van der Waals surface area contributed by atoms with Crippen molar-refractivity contribution >= 4 is 17.2 Å². The molecule has 0 N–H and O–H groups in total. The Balaban J connectivity index is 3.17. The Hall–Kier alpha value is -1.21. The van der Waals surface area contributed by atoms with Gasteiger partial charge >= 0.3 is 0 Å². The Kier molecular flexibility index (Phi) is 7.04. The molecule has 1 aromatic rings. The van der Waals surface area contributed by atoms with Crippen LogP contribution in [-0.2, 0) is 0 Å². The van der Waals surface area contributed by atoms with Crippen molar-refractivity contribution in [2.75, 3.05) is 6.61 Å². The summed E-state index contributed by atoms with van der Waals surface area (Å²) in [7, 11) is 0. The molecular formula is C19H27ClO. The standard InChI is InChI=1S/C19H27ClO/c1-7-9-21-19-14(5)10-17(11-15(19)6)16(8-2)12-18(20)13(3)4/h8,10-13H,7,9H2,1-6H3/b16-8+,18-12+. The van der Waals surface area contributed by atoms with Crippen LogP contribution in [-0.4, -0.2) is 6.61 Å². The number of benzene rings is 1. The molecule has 0 aliphatic rings. The summed E-state index contributed by atoms with van der Waals surface area (Å²) in [5.41, 5.74) is 4.69. The Morgan fingerprint density at radius 3 is 2.24 bits per heavy atom. The summed E-state index contributed by atoms with van der Waals surface area (Å²) in [5, 5.41) is 0.879. The average Bonchev–Trinajstić information content (AvgIpc) is 2.43. The fraction of sp³-hybridized carbons (Fsp3) is 0.474. The van der Waals surface area contributed by atoms with E-state index in [9.17, 15) is 0 Å². The van der Waals surface area contributed by atoms with Crippen molar-refractivity contribution in [3.05, 3.63) is 46.0 Å². The Morgan fingerprint density at radius 2 is 1.81 bits per heavy atom. The number of halogens is 1. The van der Waals surface area contributed by atoms with Crippen LogP contribution in [0.15, 0.2) is 29.3 Å². The molecule has 0 bridgehead atoms. The Morgan fingerprint density at radius 1 is 1.24 bits per heavy atom. The lowest BCUT2D eigenvalue weighted by atomic mass is 9.98. The number of ether oxygens (including phenoxy) is 1. The first-order valence-electron chi connectivity index (χ1n) is 7.68. The smallest absolute Gasteiger partial charge is 0.125 e. The minimum absolute atomic E-state index is 0.343. The molecule has 0 atom stereocenters. The summed E-state index contributed by atoms with van der Waals surface area (Å²) < 4.78 is 5.84. The van der Waals surface area contributed by atoms with Gasteiger partial charge in [-0.1, -0.05) is 38.4 Å². The topological polar surface area (TPSA) is 9.23 Å². The number of rotatable bonds is 6. The molecule has 0 saturated heterocycles. The van der Waals surface area contributed by atoms with Gasteiger partial charge in [0.2, 0.25) is 0 Å². The molecule has 2 heteroatoms. The lowest BCUT2D eigenvalue weighted by molar-refractivity contribution is 0.313. The second-order valence-corrected chi connectivity index (χ2v) is 6.15. The molecule has 0 saturated carbocycles. The van der Waals surface area contributed by atoms with E-state index in [1.54, 1.807) is 0 Å². The van der Waals surface area contributed by atoms with Crippen LogP contribution in [0.25, 0.3) is 5.57 Å². The molecule has 0 heterocycles. The van der Waals surface area contributed by atoms with Crippen molar-refractivity contribution in [2.45, 2.75) is 48.0 Å². The number of hydrogen-bond acceptors (Lipinski definition) is 1. The molecule has 116 valence electrons. The van der Waals surface area contributed by atoms with E-state index in [4.69, 9.17) is 16.3 Å². The summed E-state index contributed by atoms with van der Waals surface area (Å²) in [5.74, 6) is 1.35. The van der Waals surface area contributed by atoms with E-state index < -0.39 is 0 Å². The SMILES string of the molecule is C/C=C(\C=C(\Cl)C(C)C)c1cc(C)c(OCCC)c(C)c1. The Bertz CT molecular complexity index is 515.